The molecule has 0 aromatic carbocycles. The maximum atomic E-state index is 14.0. The summed E-state index contributed by atoms with van der Waals surface area (Å²) in [6.45, 7) is 4.16. The van der Waals surface area contributed by atoms with Crippen molar-refractivity contribution < 1.29 is 27.2 Å². The molecule has 2 saturated carbocycles. The van der Waals surface area contributed by atoms with E-state index >= 15 is 0 Å². The highest BCUT2D eigenvalue weighted by molar-refractivity contribution is 5.92. The van der Waals surface area contributed by atoms with Crippen molar-refractivity contribution in [3.63, 3.8) is 0 Å². The number of nitrogens with one attached hydrogen (secondary N) is 2. The lowest BCUT2D eigenvalue weighted by atomic mass is 9.74. The lowest BCUT2D eigenvalue weighted by Crippen LogP contribution is -2.60. The smallest absolute Gasteiger partial charge is 0.318 e. The van der Waals surface area contributed by atoms with E-state index in [1.54, 1.807) is 35.4 Å². The minimum atomic E-state index is -2.76. The van der Waals surface area contributed by atoms with E-state index in [9.17, 15) is 27.2 Å². The minimum Gasteiger partial charge on any atom is -0.342 e. The van der Waals surface area contributed by atoms with Crippen LogP contribution in [0.1, 0.15) is 86.2 Å². The van der Waals surface area contributed by atoms with Crippen LogP contribution >= 0.6 is 0 Å². The number of fused-ring (bicyclic) bond motifs is 1. The first kappa shape index (κ1) is 27.5. The van der Waals surface area contributed by atoms with Crippen molar-refractivity contribution in [3.05, 3.63) is 47.7 Å². The first-order chi connectivity index (χ1) is 19.3. The van der Waals surface area contributed by atoms with E-state index in [-0.39, 0.29) is 69.5 Å². The number of urea groups is 1. The molecule has 4 heterocycles. The number of imidazole rings is 1. The molecule has 1 spiro atoms. The molecule has 10 nitrogen and oxygen atoms in total. The van der Waals surface area contributed by atoms with Crippen LogP contribution in [0.25, 0.3) is 5.65 Å². The van der Waals surface area contributed by atoms with Crippen LogP contribution in [0.2, 0.25) is 0 Å². The summed E-state index contributed by atoms with van der Waals surface area (Å²) >= 11 is 0. The number of nitrogens with zero attached hydrogens (tertiary/aromatic N) is 6. The fourth-order valence-corrected chi connectivity index (χ4v) is 6.39. The van der Waals surface area contributed by atoms with Crippen LogP contribution in [-0.2, 0) is 6.54 Å². The van der Waals surface area contributed by atoms with Gasteiger partial charge in [0.25, 0.3) is 11.8 Å². The SMILES string of the molecule is CC(C)n1nccc1C(=O)NC(c1cn2ncc(CN3CC4(CC(F)(F)C4)NC3=O)cc2n1)C1CCC(F)(F)CC1. The van der Waals surface area contributed by atoms with E-state index in [4.69, 9.17) is 4.98 Å². The molecule has 0 bridgehead atoms. The second-order valence-electron chi connectivity index (χ2n) is 12.0. The number of hydrogen-bond acceptors (Lipinski definition) is 5. The van der Waals surface area contributed by atoms with Gasteiger partial charge in [-0.3, -0.25) is 9.48 Å². The molecular weight excluding hydrogens is 544 g/mol. The lowest BCUT2D eigenvalue weighted by molar-refractivity contribution is -0.125. The number of carbonyl (C=O) groups is 2. The third-order valence-corrected chi connectivity index (χ3v) is 8.35. The van der Waals surface area contributed by atoms with Gasteiger partial charge in [-0.1, -0.05) is 0 Å². The summed E-state index contributed by atoms with van der Waals surface area (Å²) in [4.78, 5) is 32.0. The molecule has 41 heavy (non-hydrogen) atoms. The number of carbonyl (C=O) groups excluding carboxylic acids is 2. The Labute approximate surface area is 233 Å². The number of aromatic nitrogens is 5. The predicted octanol–water partition coefficient (Wildman–Crippen LogP) is 4.50. The topological polar surface area (TPSA) is 109 Å². The number of amides is 3. The van der Waals surface area contributed by atoms with Gasteiger partial charge in [-0.15, -0.1) is 0 Å². The van der Waals surface area contributed by atoms with Crippen LogP contribution in [0.4, 0.5) is 22.4 Å². The Kier molecular flexibility index (Phi) is 6.49. The number of rotatable bonds is 7. The van der Waals surface area contributed by atoms with Gasteiger partial charge in [-0.2, -0.15) is 10.2 Å². The van der Waals surface area contributed by atoms with Crippen LogP contribution in [-0.4, -0.2) is 65.1 Å². The van der Waals surface area contributed by atoms with E-state index < -0.39 is 29.5 Å². The Balaban J connectivity index is 1.23. The van der Waals surface area contributed by atoms with Crippen LogP contribution in [0, 0.1) is 5.92 Å². The van der Waals surface area contributed by atoms with Crippen molar-refractivity contribution in [2.45, 2.75) is 88.4 Å². The second kappa shape index (κ2) is 9.69. The molecule has 6 rings (SSSR count). The summed E-state index contributed by atoms with van der Waals surface area (Å²) < 4.78 is 58.1. The van der Waals surface area contributed by atoms with Crippen molar-refractivity contribution in [1.29, 1.82) is 0 Å². The van der Waals surface area contributed by atoms with Crippen molar-refractivity contribution >= 4 is 17.6 Å². The largest absolute Gasteiger partial charge is 0.342 e. The highest BCUT2D eigenvalue weighted by Crippen LogP contribution is 2.48. The van der Waals surface area contributed by atoms with Gasteiger partial charge in [-0.05, 0) is 50.3 Å². The Morgan fingerprint density at radius 3 is 2.56 bits per heavy atom. The molecule has 2 N–H and O–H groups in total. The number of hydrogen-bond donors (Lipinski definition) is 2. The van der Waals surface area contributed by atoms with Gasteiger partial charge in [0.1, 0.15) is 5.69 Å². The molecule has 3 fully saturated rings. The summed E-state index contributed by atoms with van der Waals surface area (Å²) in [5, 5.41) is 14.4. The molecule has 1 saturated heterocycles. The standard InChI is InChI=1S/C27H32F4N8O2/c1-16(2)39-20(5-8-32-39)23(40)35-22(18-3-6-26(28,29)7-4-18)19-12-38-21(34-19)9-17(10-33-38)11-37-15-25(36-24(37)41)13-27(30,31)14-25/h5,8-10,12,16,18,22H,3-4,6-7,11,13-15H2,1-2H3,(H,35,40)(H,36,41). The van der Waals surface area contributed by atoms with Gasteiger partial charge < -0.3 is 15.5 Å². The molecule has 3 aromatic heterocycles. The van der Waals surface area contributed by atoms with Gasteiger partial charge in [-0.25, -0.2) is 31.9 Å². The fraction of sp³-hybridized carbons (Fsp3) is 0.593. The zero-order chi connectivity index (χ0) is 29.2. The van der Waals surface area contributed by atoms with Crippen molar-refractivity contribution in [2.24, 2.45) is 5.92 Å². The third kappa shape index (κ3) is 5.35. The highest BCUT2D eigenvalue weighted by atomic mass is 19.3. The summed E-state index contributed by atoms with van der Waals surface area (Å²) in [5.41, 5.74) is 1.07. The minimum absolute atomic E-state index is 0.0521. The third-order valence-electron chi connectivity index (χ3n) is 8.35. The monoisotopic (exact) mass is 576 g/mol. The van der Waals surface area contributed by atoms with E-state index in [0.717, 1.165) is 0 Å². The molecule has 1 atom stereocenters. The zero-order valence-corrected chi connectivity index (χ0v) is 22.8. The number of alkyl halides is 4. The normalized spacial score (nSPS) is 22.2. The molecule has 14 heteroatoms. The molecule has 1 unspecified atom stereocenters. The maximum Gasteiger partial charge on any atom is 0.318 e. The Morgan fingerprint density at radius 2 is 1.88 bits per heavy atom. The van der Waals surface area contributed by atoms with Gasteiger partial charge in [0.2, 0.25) is 5.92 Å². The summed E-state index contributed by atoms with van der Waals surface area (Å²) in [6, 6.07) is 2.27. The molecule has 1 aliphatic heterocycles. The van der Waals surface area contributed by atoms with Crippen molar-refractivity contribution in [1.82, 2.24) is 39.9 Å². The van der Waals surface area contributed by atoms with E-state index in [1.165, 1.54) is 9.42 Å². The van der Waals surface area contributed by atoms with Gasteiger partial charge in [0.15, 0.2) is 5.65 Å². The molecule has 220 valence electrons. The molecule has 3 aromatic rings. The van der Waals surface area contributed by atoms with Crippen LogP contribution in [0.3, 0.4) is 0 Å². The highest BCUT2D eigenvalue weighted by Gasteiger charge is 2.61. The average molecular weight is 577 g/mol. The van der Waals surface area contributed by atoms with Crippen LogP contribution in [0.5, 0.6) is 0 Å². The Morgan fingerprint density at radius 1 is 1.15 bits per heavy atom. The first-order valence-corrected chi connectivity index (χ1v) is 13.8. The van der Waals surface area contributed by atoms with Crippen molar-refractivity contribution in [3.8, 4) is 0 Å². The number of halogens is 4. The Hall–Kier alpha value is -3.71. The maximum absolute atomic E-state index is 14.0. The quantitative estimate of drug-likeness (QED) is 0.403. The summed E-state index contributed by atoms with van der Waals surface area (Å²) in [7, 11) is 0. The van der Waals surface area contributed by atoms with E-state index in [0.29, 0.717) is 22.6 Å². The zero-order valence-electron chi connectivity index (χ0n) is 22.8. The summed E-state index contributed by atoms with van der Waals surface area (Å²) in [5.74, 6) is -6.12. The first-order valence-electron chi connectivity index (χ1n) is 13.8. The van der Waals surface area contributed by atoms with Gasteiger partial charge in [0.05, 0.1) is 29.7 Å². The van der Waals surface area contributed by atoms with Crippen LogP contribution < -0.4 is 10.6 Å². The average Bonchev–Trinajstić information content (AvgIpc) is 3.59. The molecule has 0 radical (unpaired) electrons. The van der Waals surface area contributed by atoms with E-state index in [1.807, 2.05) is 13.8 Å². The molecule has 3 amide bonds. The Bertz CT molecular complexity index is 1470. The molecule has 2 aliphatic carbocycles. The summed E-state index contributed by atoms with van der Waals surface area (Å²) in [6.07, 6.45) is 3.94. The second-order valence-corrected chi connectivity index (χ2v) is 12.0. The fourth-order valence-electron chi connectivity index (χ4n) is 6.39. The lowest BCUT2D eigenvalue weighted by Gasteiger charge is -2.43. The predicted molar refractivity (Wildman–Crippen MR) is 139 cm³/mol. The van der Waals surface area contributed by atoms with E-state index in [2.05, 4.69) is 20.8 Å². The van der Waals surface area contributed by atoms with Gasteiger partial charge in [0, 0.05) is 51.0 Å². The molecule has 3 aliphatic rings. The van der Waals surface area contributed by atoms with Gasteiger partial charge >= 0.3 is 6.03 Å². The van der Waals surface area contributed by atoms with Crippen molar-refractivity contribution in [2.75, 3.05) is 6.54 Å². The molecular formula is C27H32F4N8O2. The van der Waals surface area contributed by atoms with Crippen LogP contribution in [0.15, 0.2) is 30.7 Å².